The van der Waals surface area contributed by atoms with E-state index in [4.69, 9.17) is 26.5 Å². The van der Waals surface area contributed by atoms with Crippen LogP contribution in [0.25, 0.3) is 229 Å². The van der Waals surface area contributed by atoms with Gasteiger partial charge < -0.3 is 36.7 Å². The molecule has 6 aromatic heterocycles. The zero-order chi connectivity index (χ0) is 70.2. The van der Waals surface area contributed by atoms with Gasteiger partial charge >= 0.3 is 0 Å². The first-order valence-corrected chi connectivity index (χ1v) is 38.5. The minimum atomic E-state index is -0.121. The average Bonchev–Trinajstić information content (AvgIpc) is 1.52. The van der Waals surface area contributed by atoms with E-state index in [2.05, 4.69) is 184 Å². The van der Waals surface area contributed by atoms with Crippen LogP contribution >= 0.6 is 0 Å². The summed E-state index contributed by atoms with van der Waals surface area (Å²) < 4.78 is 44.7. The van der Waals surface area contributed by atoms with Gasteiger partial charge in [-0.25, -0.2) is 0 Å². The molecule has 0 unspecified atom stereocenters. The number of phenols is 2. The van der Waals surface area contributed by atoms with Crippen molar-refractivity contribution < 1.29 is 36.7 Å². The zero-order valence-corrected chi connectivity index (χ0v) is 59.3. The minimum Gasteiger partial charge on any atom is -0.504 e. The number of hydrogen-bond donors (Lipinski definition) is 2. The molecule has 16 aromatic carbocycles. The Kier molecular flexibility index (Phi) is 13.8. The second-order valence-electron chi connectivity index (χ2n) is 30.0. The fourth-order valence-corrected chi connectivity index (χ4v) is 19.4. The molecule has 0 aliphatic heterocycles. The van der Waals surface area contributed by atoms with E-state index in [0.29, 0.717) is 55.8 Å². The monoisotopic (exact) mass is 1380 g/mol. The van der Waals surface area contributed by atoms with E-state index in [1.807, 2.05) is 36.4 Å². The quantitative estimate of drug-likeness (QED) is 0.0866. The van der Waals surface area contributed by atoms with Crippen LogP contribution in [0.1, 0.15) is 115 Å². The van der Waals surface area contributed by atoms with Crippen molar-refractivity contribution in [2.24, 2.45) is 0 Å². The number of benzene rings is 16. The second kappa shape index (κ2) is 23.8. The zero-order valence-electron chi connectivity index (χ0n) is 59.3. The normalized spacial score (nSPS) is 12.7. The first-order valence-electron chi connectivity index (χ1n) is 38.5. The lowest BCUT2D eigenvalue weighted by Gasteiger charge is -2.16. The van der Waals surface area contributed by atoms with Crippen molar-refractivity contribution >= 4 is 218 Å². The molecule has 0 aliphatic carbocycles. The van der Waals surface area contributed by atoms with Crippen molar-refractivity contribution in [1.29, 1.82) is 0 Å². The fourth-order valence-electron chi connectivity index (χ4n) is 19.4. The molecule has 22 aromatic rings. The lowest BCUT2D eigenvalue weighted by molar-refractivity contribution is 0.464. The minimum absolute atomic E-state index is 0.121. The van der Waals surface area contributed by atoms with E-state index in [0.717, 1.165) is 177 Å². The van der Waals surface area contributed by atoms with E-state index >= 15 is 0 Å². The Morgan fingerprint density at radius 1 is 0.208 bits per heavy atom. The van der Waals surface area contributed by atoms with E-state index in [1.165, 1.54) is 98.9 Å². The average molecular weight is 1380 g/mol. The van der Waals surface area contributed by atoms with Gasteiger partial charge in [0.25, 0.3) is 0 Å². The molecule has 8 nitrogen and oxygen atoms in total. The maximum absolute atomic E-state index is 13.7. The molecule has 22 rings (SSSR count). The van der Waals surface area contributed by atoms with E-state index in [-0.39, 0.29) is 22.7 Å². The Hall–Kier alpha value is -12.0. The first kappa shape index (κ1) is 61.5. The molecule has 0 amide bonds. The van der Waals surface area contributed by atoms with Crippen LogP contribution in [-0.2, 0) is 12.8 Å². The number of hydrogen-bond acceptors (Lipinski definition) is 8. The van der Waals surface area contributed by atoms with Crippen molar-refractivity contribution in [3.05, 3.63) is 217 Å². The molecule has 2 N–H and O–H groups in total. The topological polar surface area (TPSA) is 119 Å². The van der Waals surface area contributed by atoms with Gasteiger partial charge in [-0.15, -0.1) is 0 Å². The summed E-state index contributed by atoms with van der Waals surface area (Å²) in [6.45, 7) is 4.55. The summed E-state index contributed by atoms with van der Waals surface area (Å²) in [5.41, 5.74) is 10.4. The standard InChI is InChI=1S/C98H74O8/c1-3-5-7-9-11-13-15-35-55-51-53-33-17-19-37-57(53)73-77-63-43-25-29-47-67(63)81-83-69-49-31-27-45-65(69)79-75-61-41-23-21-39-59(61)71(85(99)89(75)103-93(79)97(83)105-95(81)91(77)101-87(55)73)72-60-40-22-24-42-62(60)76-80-66-46-28-32-50-70(66)84-82-68-48-30-26-44-64(68)78-74-58-38-20-18-34-54(58)52-56(36-16-14-12-10-8-6-4-2)88(74)102-92(78)96(82)106-98(84)94(80)104-90(76)86(72)100/h17-34,37-52,99-100H,3-16,35-36H2,1-2H3. The van der Waals surface area contributed by atoms with E-state index in [9.17, 15) is 10.2 Å². The third-order valence-corrected chi connectivity index (χ3v) is 24.0. The number of fused-ring (bicyclic) bond motifs is 42. The molecule has 0 saturated carbocycles. The summed E-state index contributed by atoms with van der Waals surface area (Å²) in [5, 5.41) is 54.5. The number of aryl methyl sites for hydroxylation is 2. The summed E-state index contributed by atoms with van der Waals surface area (Å²) in [6, 6.07) is 72.8. The molecule has 0 atom stereocenters. The number of unbranched alkanes of at least 4 members (excludes halogenated alkanes) is 12. The molecule has 106 heavy (non-hydrogen) atoms. The maximum atomic E-state index is 13.7. The van der Waals surface area contributed by atoms with Crippen LogP contribution in [0.4, 0.5) is 0 Å². The highest BCUT2D eigenvalue weighted by molar-refractivity contribution is 6.46. The Balaban J connectivity index is 0.785. The van der Waals surface area contributed by atoms with Gasteiger partial charge in [0, 0.05) is 75.8 Å². The summed E-state index contributed by atoms with van der Waals surface area (Å²) in [6.07, 6.45) is 19.0. The highest BCUT2D eigenvalue weighted by atomic mass is 16.4. The molecule has 6 heterocycles. The van der Waals surface area contributed by atoms with Crippen LogP contribution < -0.4 is 0 Å². The number of furan rings is 6. The molecule has 0 fully saturated rings. The molecular formula is C98H74O8. The van der Waals surface area contributed by atoms with Crippen LogP contribution in [0, 0.1) is 0 Å². The van der Waals surface area contributed by atoms with Gasteiger partial charge in [-0.2, -0.15) is 0 Å². The third-order valence-electron chi connectivity index (χ3n) is 24.0. The van der Waals surface area contributed by atoms with Crippen molar-refractivity contribution in [3.63, 3.8) is 0 Å². The maximum Gasteiger partial charge on any atom is 0.179 e. The summed E-state index contributed by atoms with van der Waals surface area (Å²) in [4.78, 5) is 0. The summed E-state index contributed by atoms with van der Waals surface area (Å²) >= 11 is 0. The highest BCUT2D eigenvalue weighted by Gasteiger charge is 2.34. The van der Waals surface area contributed by atoms with Crippen molar-refractivity contribution in [2.45, 2.75) is 117 Å². The van der Waals surface area contributed by atoms with Gasteiger partial charge in [-0.3, -0.25) is 0 Å². The van der Waals surface area contributed by atoms with Crippen LogP contribution in [-0.4, -0.2) is 10.2 Å². The first-order chi connectivity index (χ1) is 52.4. The molecule has 0 spiro atoms. The smallest absolute Gasteiger partial charge is 0.179 e. The summed E-state index contributed by atoms with van der Waals surface area (Å²) in [7, 11) is 0. The van der Waals surface area contributed by atoms with Gasteiger partial charge in [0.15, 0.2) is 67.3 Å². The van der Waals surface area contributed by atoms with E-state index in [1.54, 1.807) is 0 Å². The third kappa shape index (κ3) is 8.58. The van der Waals surface area contributed by atoms with E-state index < -0.39 is 0 Å². The molecule has 0 aliphatic rings. The van der Waals surface area contributed by atoms with Crippen molar-refractivity contribution in [1.82, 2.24) is 0 Å². The predicted molar refractivity (Wildman–Crippen MR) is 442 cm³/mol. The largest absolute Gasteiger partial charge is 0.504 e. The lowest BCUT2D eigenvalue weighted by atomic mass is 9.88. The van der Waals surface area contributed by atoms with Crippen LogP contribution in [0.15, 0.2) is 233 Å². The van der Waals surface area contributed by atoms with Crippen LogP contribution in [0.3, 0.4) is 0 Å². The Morgan fingerprint density at radius 3 is 0.689 bits per heavy atom. The Morgan fingerprint density at radius 2 is 0.406 bits per heavy atom. The molecule has 0 radical (unpaired) electrons. The molecule has 0 bridgehead atoms. The van der Waals surface area contributed by atoms with Gasteiger partial charge in [0.2, 0.25) is 0 Å². The SMILES string of the molecule is CCCCCCCCCc1cc2ccccc2c2c1oc1c3oc4c5oc6c(O)c(-c7c(O)c8oc9c%10oc%11c%12oc%13c(CCCCCCCCC)cc%14ccccc%14c%13c%12c%12ccccc%12c%11c%10c%10ccccc%10c9c8c8ccccc78)c7ccccc7c6c5c5ccccc5c4c3c3ccccc3c12. The summed E-state index contributed by atoms with van der Waals surface area (Å²) in [5.74, 6) is -0.241. The fraction of sp³-hybridized carbons (Fsp3) is 0.184. The lowest BCUT2D eigenvalue weighted by Crippen LogP contribution is -1.89. The molecule has 514 valence electrons. The Bertz CT molecular complexity index is 7080. The Labute approximate surface area is 607 Å². The van der Waals surface area contributed by atoms with Gasteiger partial charge in [0.1, 0.15) is 11.2 Å². The van der Waals surface area contributed by atoms with Gasteiger partial charge in [0.05, 0.1) is 0 Å². The molecule has 0 saturated heterocycles. The van der Waals surface area contributed by atoms with Crippen LogP contribution in [0.2, 0.25) is 0 Å². The van der Waals surface area contributed by atoms with Crippen molar-refractivity contribution in [3.8, 4) is 22.6 Å². The number of aromatic hydroxyl groups is 2. The van der Waals surface area contributed by atoms with Gasteiger partial charge in [-0.1, -0.05) is 285 Å². The predicted octanol–water partition coefficient (Wildman–Crippen LogP) is 30.0. The number of phenolic OH excluding ortho intramolecular Hbond substituents is 2. The van der Waals surface area contributed by atoms with Crippen LogP contribution in [0.5, 0.6) is 11.5 Å². The molecular weight excluding hydrogens is 1310 g/mol. The number of rotatable bonds is 17. The molecule has 8 heteroatoms. The second-order valence-corrected chi connectivity index (χ2v) is 30.0. The highest BCUT2D eigenvalue weighted by Crippen LogP contribution is 2.59. The van der Waals surface area contributed by atoms with Gasteiger partial charge in [-0.05, 0) is 135 Å². The van der Waals surface area contributed by atoms with Crippen molar-refractivity contribution in [2.75, 3.05) is 0 Å².